The van der Waals surface area contributed by atoms with Gasteiger partial charge >= 0.3 is 0 Å². The lowest BCUT2D eigenvalue weighted by molar-refractivity contribution is 0.190. The molecule has 1 aromatic rings. The maximum Gasteiger partial charge on any atom is 0.166 e. The molecule has 3 rings (SSSR count). The van der Waals surface area contributed by atoms with Crippen molar-refractivity contribution in [1.82, 2.24) is 0 Å². The number of allylic oxidation sites excluding steroid dienone is 3. The first-order chi connectivity index (χ1) is 13.6. The average molecular weight is 387 g/mol. The van der Waals surface area contributed by atoms with Crippen molar-refractivity contribution < 1.29 is 8.78 Å². The van der Waals surface area contributed by atoms with Crippen molar-refractivity contribution in [2.75, 3.05) is 0 Å². The van der Waals surface area contributed by atoms with Crippen LogP contribution in [0.1, 0.15) is 88.7 Å². The van der Waals surface area contributed by atoms with E-state index in [4.69, 9.17) is 0 Å². The topological polar surface area (TPSA) is 0 Å². The summed E-state index contributed by atoms with van der Waals surface area (Å²) >= 11 is 0. The highest BCUT2D eigenvalue weighted by Gasteiger charge is 2.29. The molecule has 1 fully saturated rings. The van der Waals surface area contributed by atoms with Crippen molar-refractivity contribution in [2.24, 2.45) is 17.8 Å². The summed E-state index contributed by atoms with van der Waals surface area (Å²) < 4.78 is 29.1. The van der Waals surface area contributed by atoms with Crippen LogP contribution in [0, 0.1) is 29.4 Å². The number of hydrogen-bond donors (Lipinski definition) is 0. The maximum absolute atomic E-state index is 14.6. The third kappa shape index (κ3) is 5.13. The van der Waals surface area contributed by atoms with Crippen LogP contribution in [-0.2, 0) is 6.42 Å². The molecule has 0 amide bonds. The van der Waals surface area contributed by atoms with Crippen LogP contribution in [0.3, 0.4) is 0 Å². The number of halogens is 2. The molecule has 0 aromatic heterocycles. The van der Waals surface area contributed by atoms with Crippen LogP contribution in [0.5, 0.6) is 0 Å². The lowest BCUT2D eigenvalue weighted by Crippen LogP contribution is -2.23. The summed E-state index contributed by atoms with van der Waals surface area (Å²) in [6, 6.07) is 3.60. The highest BCUT2D eigenvalue weighted by atomic mass is 19.2. The van der Waals surface area contributed by atoms with E-state index < -0.39 is 11.6 Å². The molecule has 2 heteroatoms. The Bertz CT molecular complexity index is 680. The molecule has 0 N–H and O–H groups in total. The summed E-state index contributed by atoms with van der Waals surface area (Å²) in [6.07, 6.45) is 17.6. The molecule has 1 atom stereocenters. The zero-order chi connectivity index (χ0) is 19.9. The summed E-state index contributed by atoms with van der Waals surface area (Å²) in [6.45, 7) is 5.91. The first-order valence-electron chi connectivity index (χ1n) is 11.4. The van der Waals surface area contributed by atoms with Crippen molar-refractivity contribution in [3.8, 4) is 0 Å². The second-order valence-corrected chi connectivity index (χ2v) is 8.91. The Labute approximate surface area is 170 Å². The average Bonchev–Trinajstić information content (AvgIpc) is 2.74. The first kappa shape index (κ1) is 21.3. The van der Waals surface area contributed by atoms with Gasteiger partial charge in [-0.15, -0.1) is 6.58 Å². The number of rotatable bonds is 8. The van der Waals surface area contributed by atoms with Crippen LogP contribution in [0.15, 0.2) is 30.9 Å². The van der Waals surface area contributed by atoms with Crippen molar-refractivity contribution in [2.45, 2.75) is 84.0 Å². The number of unbranched alkanes of at least 4 members (excludes halogenated alkanes) is 1. The van der Waals surface area contributed by atoms with Crippen LogP contribution in [0.4, 0.5) is 8.78 Å². The predicted molar refractivity (Wildman–Crippen MR) is 115 cm³/mol. The van der Waals surface area contributed by atoms with E-state index in [-0.39, 0.29) is 0 Å². The molecule has 1 aromatic carbocycles. The van der Waals surface area contributed by atoms with Crippen LogP contribution < -0.4 is 0 Å². The predicted octanol–water partition coefficient (Wildman–Crippen LogP) is 8.26. The van der Waals surface area contributed by atoms with Crippen molar-refractivity contribution in [1.29, 1.82) is 0 Å². The largest absolute Gasteiger partial charge is 0.203 e. The standard InChI is InChI=1S/C26H36F2/c1-3-5-7-19-9-11-20(12-10-19)21-13-15-22(16-14-21)24-18-17-23(8-6-4-2)25(27)26(24)28/h3,15,17-21H,1,4-14,16H2,2H3. The smallest absolute Gasteiger partial charge is 0.166 e. The molecule has 0 saturated heterocycles. The van der Waals surface area contributed by atoms with Gasteiger partial charge in [0.1, 0.15) is 0 Å². The van der Waals surface area contributed by atoms with Crippen molar-refractivity contribution in [3.63, 3.8) is 0 Å². The Balaban J connectivity index is 1.58. The normalized spacial score (nSPS) is 25.4. The Hall–Kier alpha value is -1.44. The quantitative estimate of drug-likeness (QED) is 0.394. The summed E-state index contributed by atoms with van der Waals surface area (Å²) in [7, 11) is 0. The van der Waals surface area contributed by atoms with Crippen LogP contribution in [-0.4, -0.2) is 0 Å². The molecule has 0 aliphatic heterocycles. The highest BCUT2D eigenvalue weighted by Crippen LogP contribution is 2.42. The van der Waals surface area contributed by atoms with Gasteiger partial charge in [-0.1, -0.05) is 50.5 Å². The molecule has 0 heterocycles. The Morgan fingerprint density at radius 1 is 1.04 bits per heavy atom. The minimum atomic E-state index is -0.638. The fourth-order valence-corrected chi connectivity index (χ4v) is 5.23. The lowest BCUT2D eigenvalue weighted by atomic mass is 9.70. The molecule has 2 aliphatic carbocycles. The van der Waals surface area contributed by atoms with Crippen LogP contribution in [0.2, 0.25) is 0 Å². The fraction of sp³-hybridized carbons (Fsp3) is 0.615. The molecular formula is C26H36F2. The first-order valence-corrected chi connectivity index (χ1v) is 11.4. The second-order valence-electron chi connectivity index (χ2n) is 8.91. The third-order valence-electron chi connectivity index (χ3n) is 7.10. The molecule has 0 bridgehead atoms. The number of aryl methyl sites for hydroxylation is 1. The van der Waals surface area contributed by atoms with E-state index in [0.29, 0.717) is 17.5 Å². The van der Waals surface area contributed by atoms with Gasteiger partial charge in [0.05, 0.1) is 0 Å². The van der Waals surface area contributed by atoms with Gasteiger partial charge in [-0.25, -0.2) is 8.78 Å². The van der Waals surface area contributed by atoms with Crippen LogP contribution >= 0.6 is 0 Å². The van der Waals surface area contributed by atoms with Gasteiger partial charge in [-0.3, -0.25) is 0 Å². The Kier molecular flexibility index (Phi) is 7.88. The van der Waals surface area contributed by atoms with E-state index in [2.05, 4.69) is 19.6 Å². The molecule has 1 saturated carbocycles. The molecule has 1 unspecified atom stereocenters. The van der Waals surface area contributed by atoms with Gasteiger partial charge in [0.15, 0.2) is 11.6 Å². The Morgan fingerprint density at radius 3 is 2.46 bits per heavy atom. The van der Waals surface area contributed by atoms with Gasteiger partial charge in [0.25, 0.3) is 0 Å². The summed E-state index contributed by atoms with van der Waals surface area (Å²) in [4.78, 5) is 0. The highest BCUT2D eigenvalue weighted by molar-refractivity contribution is 5.67. The molecular weight excluding hydrogens is 350 g/mol. The molecule has 0 radical (unpaired) electrons. The second kappa shape index (κ2) is 10.4. The number of hydrogen-bond acceptors (Lipinski definition) is 0. The summed E-state index contributed by atoms with van der Waals surface area (Å²) in [5.41, 5.74) is 2.02. The number of benzene rings is 1. The Morgan fingerprint density at radius 2 is 1.82 bits per heavy atom. The van der Waals surface area contributed by atoms with E-state index in [1.807, 2.05) is 6.08 Å². The minimum Gasteiger partial charge on any atom is -0.203 e. The zero-order valence-electron chi connectivity index (χ0n) is 17.5. The SMILES string of the molecule is C=CCCC1CCC(C2CC=C(c3ccc(CCCC)c(F)c3F)CC2)CC1. The van der Waals surface area contributed by atoms with Crippen LogP contribution in [0.25, 0.3) is 5.57 Å². The van der Waals surface area contributed by atoms with Crippen molar-refractivity contribution in [3.05, 3.63) is 53.6 Å². The van der Waals surface area contributed by atoms with E-state index in [1.54, 1.807) is 12.1 Å². The van der Waals surface area contributed by atoms with E-state index in [9.17, 15) is 8.78 Å². The summed E-state index contributed by atoms with van der Waals surface area (Å²) in [5, 5.41) is 0. The third-order valence-corrected chi connectivity index (χ3v) is 7.10. The zero-order valence-corrected chi connectivity index (χ0v) is 17.5. The minimum absolute atomic E-state index is 0.490. The lowest BCUT2D eigenvalue weighted by Gasteiger charge is -2.35. The van der Waals surface area contributed by atoms with Crippen molar-refractivity contribution >= 4 is 5.57 Å². The summed E-state index contributed by atoms with van der Waals surface area (Å²) in [5.74, 6) is 1.15. The van der Waals surface area contributed by atoms with E-state index in [0.717, 1.165) is 61.9 Å². The fourth-order valence-electron chi connectivity index (χ4n) is 5.23. The van der Waals surface area contributed by atoms with Gasteiger partial charge in [0.2, 0.25) is 0 Å². The molecule has 154 valence electrons. The van der Waals surface area contributed by atoms with E-state index in [1.165, 1.54) is 32.1 Å². The molecule has 28 heavy (non-hydrogen) atoms. The molecule has 0 spiro atoms. The van der Waals surface area contributed by atoms with Gasteiger partial charge < -0.3 is 0 Å². The van der Waals surface area contributed by atoms with Gasteiger partial charge in [-0.05, 0) is 86.7 Å². The van der Waals surface area contributed by atoms with Gasteiger partial charge in [0, 0.05) is 5.56 Å². The van der Waals surface area contributed by atoms with Gasteiger partial charge in [-0.2, -0.15) is 0 Å². The maximum atomic E-state index is 14.6. The molecule has 2 aliphatic rings. The molecule has 0 nitrogen and oxygen atoms in total. The van der Waals surface area contributed by atoms with E-state index >= 15 is 0 Å². The monoisotopic (exact) mass is 386 g/mol.